The van der Waals surface area contributed by atoms with Crippen molar-refractivity contribution < 1.29 is 9.90 Å². The molecular weight excluding hydrogens is 336 g/mol. The molecule has 0 aliphatic carbocycles. The lowest BCUT2D eigenvalue weighted by molar-refractivity contribution is -0.00343. The summed E-state index contributed by atoms with van der Waals surface area (Å²) in [5.41, 5.74) is 3.02. The van der Waals surface area contributed by atoms with E-state index in [2.05, 4.69) is 15.9 Å². The first-order valence-electron chi connectivity index (χ1n) is 10.0. The maximum Gasteiger partial charge on any atom is 0.254 e. The number of piperidine rings is 3. The Morgan fingerprint density at radius 3 is 2.56 bits per heavy atom. The summed E-state index contributed by atoms with van der Waals surface area (Å²) in [5.74, 6) is 1.33. The van der Waals surface area contributed by atoms with Crippen LogP contribution in [-0.2, 0) is 0 Å². The SMILES string of the molecule is Cc1ccccc1C(=O)N1C[C@H](c2cccc(O)c2)[C@H]2[C@@H]1C1CCN2CC1. The maximum absolute atomic E-state index is 13.5. The van der Waals surface area contributed by atoms with Crippen LogP contribution in [0.15, 0.2) is 48.5 Å². The summed E-state index contributed by atoms with van der Waals surface area (Å²) in [4.78, 5) is 18.2. The van der Waals surface area contributed by atoms with Crippen molar-refractivity contribution in [3.05, 3.63) is 65.2 Å². The minimum atomic E-state index is 0.166. The zero-order valence-electron chi connectivity index (χ0n) is 15.7. The lowest BCUT2D eigenvalue weighted by Crippen LogP contribution is -2.60. The summed E-state index contributed by atoms with van der Waals surface area (Å²) in [5, 5.41) is 10.00. The second kappa shape index (κ2) is 6.38. The van der Waals surface area contributed by atoms with Gasteiger partial charge in [-0.3, -0.25) is 9.69 Å². The second-order valence-corrected chi connectivity index (χ2v) is 8.33. The molecule has 2 aromatic rings. The first-order chi connectivity index (χ1) is 13.1. The van der Waals surface area contributed by atoms with Gasteiger partial charge in [0.25, 0.3) is 5.91 Å². The molecule has 3 atom stereocenters. The molecule has 1 N–H and O–H groups in total. The number of aryl methyl sites for hydroxylation is 1. The molecule has 1 amide bonds. The normalized spacial score (nSPS) is 31.7. The fourth-order valence-corrected chi connectivity index (χ4v) is 5.67. The average molecular weight is 362 g/mol. The highest BCUT2D eigenvalue weighted by atomic mass is 16.3. The van der Waals surface area contributed by atoms with E-state index in [1.165, 1.54) is 12.8 Å². The van der Waals surface area contributed by atoms with Gasteiger partial charge in [-0.2, -0.15) is 0 Å². The molecule has 27 heavy (non-hydrogen) atoms. The van der Waals surface area contributed by atoms with Crippen molar-refractivity contribution in [3.8, 4) is 5.75 Å². The molecule has 0 aromatic heterocycles. The van der Waals surface area contributed by atoms with E-state index in [4.69, 9.17) is 0 Å². The molecule has 140 valence electrons. The van der Waals surface area contributed by atoms with Gasteiger partial charge in [-0.15, -0.1) is 0 Å². The number of hydrogen-bond donors (Lipinski definition) is 1. The van der Waals surface area contributed by atoms with E-state index < -0.39 is 0 Å². The van der Waals surface area contributed by atoms with E-state index >= 15 is 0 Å². The summed E-state index contributed by atoms with van der Waals surface area (Å²) in [6, 6.07) is 16.2. The molecule has 4 aliphatic rings. The van der Waals surface area contributed by atoms with Crippen LogP contribution in [0.1, 0.15) is 40.2 Å². The zero-order chi connectivity index (χ0) is 18.5. The Balaban J connectivity index is 1.55. The highest BCUT2D eigenvalue weighted by Crippen LogP contribution is 2.47. The number of aromatic hydroxyl groups is 1. The lowest BCUT2D eigenvalue weighted by atomic mass is 9.75. The second-order valence-electron chi connectivity index (χ2n) is 8.33. The Hall–Kier alpha value is -2.33. The van der Waals surface area contributed by atoms with Gasteiger partial charge in [0.05, 0.1) is 6.04 Å². The van der Waals surface area contributed by atoms with Crippen LogP contribution in [0.2, 0.25) is 0 Å². The van der Waals surface area contributed by atoms with Crippen LogP contribution < -0.4 is 0 Å². The molecule has 4 heteroatoms. The molecule has 6 rings (SSSR count). The van der Waals surface area contributed by atoms with Crippen molar-refractivity contribution in [2.45, 2.75) is 37.8 Å². The molecule has 4 aliphatic heterocycles. The molecule has 4 nitrogen and oxygen atoms in total. The van der Waals surface area contributed by atoms with Gasteiger partial charge in [0, 0.05) is 24.1 Å². The van der Waals surface area contributed by atoms with E-state index in [0.29, 0.717) is 17.7 Å². The van der Waals surface area contributed by atoms with Gasteiger partial charge >= 0.3 is 0 Å². The van der Waals surface area contributed by atoms with Gasteiger partial charge in [0.15, 0.2) is 0 Å². The molecule has 0 radical (unpaired) electrons. The van der Waals surface area contributed by atoms with Crippen molar-refractivity contribution in [2.75, 3.05) is 19.6 Å². The Morgan fingerprint density at radius 2 is 1.81 bits per heavy atom. The predicted octanol–water partition coefficient (Wildman–Crippen LogP) is 3.40. The standard InChI is InChI=1S/C23H26N2O2/c1-15-5-2-3-8-19(15)23(27)25-14-20(17-6-4-7-18(26)13-17)22-21(25)16-9-11-24(22)12-10-16/h2-8,13,16,20-22,26H,9-12,14H2,1H3/t20-,21+,22+/m1/s1. The van der Waals surface area contributed by atoms with E-state index in [1.54, 1.807) is 6.07 Å². The summed E-state index contributed by atoms with van der Waals surface area (Å²) in [6.07, 6.45) is 2.37. The van der Waals surface area contributed by atoms with Crippen LogP contribution in [0.4, 0.5) is 0 Å². The third kappa shape index (κ3) is 2.66. The number of benzene rings is 2. The summed E-state index contributed by atoms with van der Waals surface area (Å²) in [6.45, 7) is 5.02. The average Bonchev–Trinajstić information content (AvgIpc) is 3.12. The van der Waals surface area contributed by atoms with Crippen molar-refractivity contribution in [1.82, 2.24) is 9.80 Å². The third-order valence-electron chi connectivity index (χ3n) is 6.93. The van der Waals surface area contributed by atoms with Crippen molar-refractivity contribution in [2.24, 2.45) is 5.92 Å². The fraction of sp³-hybridized carbons (Fsp3) is 0.435. The fourth-order valence-electron chi connectivity index (χ4n) is 5.67. The number of fused-ring (bicyclic) bond motifs is 2. The molecular formula is C23H26N2O2. The molecule has 4 saturated heterocycles. The smallest absolute Gasteiger partial charge is 0.254 e. The van der Waals surface area contributed by atoms with Gasteiger partial charge in [0.1, 0.15) is 5.75 Å². The minimum Gasteiger partial charge on any atom is -0.508 e. The van der Waals surface area contributed by atoms with Crippen molar-refractivity contribution in [3.63, 3.8) is 0 Å². The number of carbonyl (C=O) groups is 1. The van der Waals surface area contributed by atoms with Gasteiger partial charge in [-0.25, -0.2) is 0 Å². The van der Waals surface area contributed by atoms with Crippen LogP contribution in [-0.4, -0.2) is 52.5 Å². The molecule has 4 heterocycles. The topological polar surface area (TPSA) is 43.8 Å². The van der Waals surface area contributed by atoms with Gasteiger partial charge in [-0.1, -0.05) is 30.3 Å². The first kappa shape index (κ1) is 16.8. The third-order valence-corrected chi connectivity index (χ3v) is 6.93. The largest absolute Gasteiger partial charge is 0.508 e. The van der Waals surface area contributed by atoms with E-state index in [0.717, 1.165) is 36.3 Å². The van der Waals surface area contributed by atoms with E-state index in [9.17, 15) is 9.90 Å². The van der Waals surface area contributed by atoms with Crippen LogP contribution in [0, 0.1) is 12.8 Å². The Bertz CT molecular complexity index is 872. The molecule has 2 bridgehead atoms. The number of rotatable bonds is 2. The maximum atomic E-state index is 13.5. The molecule has 0 spiro atoms. The van der Waals surface area contributed by atoms with Crippen molar-refractivity contribution >= 4 is 5.91 Å². The predicted molar refractivity (Wildman–Crippen MR) is 105 cm³/mol. The quantitative estimate of drug-likeness (QED) is 0.890. The number of carbonyl (C=O) groups excluding carboxylic acids is 1. The highest BCUT2D eigenvalue weighted by Gasteiger charge is 2.54. The lowest BCUT2D eigenvalue weighted by Gasteiger charge is -2.51. The molecule has 0 saturated carbocycles. The summed E-state index contributed by atoms with van der Waals surface area (Å²) in [7, 11) is 0. The van der Waals surface area contributed by atoms with Gasteiger partial charge in [-0.05, 0) is 68.1 Å². The number of nitrogens with zero attached hydrogens (tertiary/aromatic N) is 2. The Kier molecular flexibility index (Phi) is 3.97. The summed E-state index contributed by atoms with van der Waals surface area (Å²) >= 11 is 0. The molecule has 2 aromatic carbocycles. The number of amides is 1. The highest BCUT2D eigenvalue weighted by molar-refractivity contribution is 5.96. The van der Waals surface area contributed by atoms with Crippen molar-refractivity contribution in [1.29, 1.82) is 0 Å². The van der Waals surface area contributed by atoms with Crippen LogP contribution in [0.25, 0.3) is 0 Å². The Morgan fingerprint density at radius 1 is 1.04 bits per heavy atom. The number of phenolic OH excluding ortho intramolecular Hbond substituents is 1. The van der Waals surface area contributed by atoms with E-state index in [1.807, 2.05) is 43.3 Å². The van der Waals surface area contributed by atoms with E-state index in [-0.39, 0.29) is 17.9 Å². The van der Waals surface area contributed by atoms with Crippen LogP contribution in [0.5, 0.6) is 5.75 Å². The monoisotopic (exact) mass is 362 g/mol. The molecule has 4 fully saturated rings. The summed E-state index contributed by atoms with van der Waals surface area (Å²) < 4.78 is 0. The van der Waals surface area contributed by atoms with Crippen LogP contribution in [0.3, 0.4) is 0 Å². The van der Waals surface area contributed by atoms with Gasteiger partial charge < -0.3 is 10.0 Å². The van der Waals surface area contributed by atoms with Gasteiger partial charge in [0.2, 0.25) is 0 Å². The number of hydrogen-bond acceptors (Lipinski definition) is 3. The Labute approximate surface area is 160 Å². The molecule has 0 unspecified atom stereocenters. The minimum absolute atomic E-state index is 0.166. The zero-order valence-corrected chi connectivity index (χ0v) is 15.7. The first-order valence-corrected chi connectivity index (χ1v) is 10.0. The number of likely N-dealkylation sites (tertiary alicyclic amines) is 1. The number of phenols is 1. The van der Waals surface area contributed by atoms with Crippen LogP contribution >= 0.6 is 0 Å².